The first-order chi connectivity index (χ1) is 9.58. The van der Waals surface area contributed by atoms with E-state index in [1.165, 1.54) is 0 Å². The SMILES string of the molecule is COc1ccc(C(O)CN(C)C)c2c(OC)cccc12. The van der Waals surface area contributed by atoms with Gasteiger partial charge in [-0.25, -0.2) is 0 Å². The zero-order chi connectivity index (χ0) is 14.7. The lowest BCUT2D eigenvalue weighted by Gasteiger charge is -2.20. The summed E-state index contributed by atoms with van der Waals surface area (Å²) < 4.78 is 10.8. The van der Waals surface area contributed by atoms with Gasteiger partial charge < -0.3 is 19.5 Å². The zero-order valence-electron chi connectivity index (χ0n) is 12.4. The Kier molecular flexibility index (Phi) is 4.47. The molecule has 20 heavy (non-hydrogen) atoms. The molecule has 2 aromatic rings. The van der Waals surface area contributed by atoms with Gasteiger partial charge in [-0.15, -0.1) is 0 Å². The lowest BCUT2D eigenvalue weighted by Crippen LogP contribution is -2.20. The number of hydrogen-bond acceptors (Lipinski definition) is 4. The molecule has 2 aromatic carbocycles. The number of aliphatic hydroxyl groups is 1. The topological polar surface area (TPSA) is 41.9 Å². The molecule has 4 heteroatoms. The van der Waals surface area contributed by atoms with Crippen molar-refractivity contribution in [3.63, 3.8) is 0 Å². The van der Waals surface area contributed by atoms with Crippen LogP contribution in [-0.2, 0) is 0 Å². The van der Waals surface area contributed by atoms with Gasteiger partial charge in [0.05, 0.1) is 20.3 Å². The summed E-state index contributed by atoms with van der Waals surface area (Å²) in [5, 5.41) is 12.3. The van der Waals surface area contributed by atoms with Gasteiger partial charge in [0, 0.05) is 17.3 Å². The second kappa shape index (κ2) is 6.11. The third-order valence-corrected chi connectivity index (χ3v) is 3.33. The van der Waals surface area contributed by atoms with Crippen LogP contribution in [-0.4, -0.2) is 44.9 Å². The van der Waals surface area contributed by atoms with Crippen LogP contribution in [0.5, 0.6) is 11.5 Å². The van der Waals surface area contributed by atoms with E-state index in [1.54, 1.807) is 14.2 Å². The lowest BCUT2D eigenvalue weighted by atomic mass is 9.98. The normalized spacial score (nSPS) is 12.7. The molecule has 2 rings (SSSR count). The molecule has 108 valence electrons. The van der Waals surface area contributed by atoms with Gasteiger partial charge in [0.15, 0.2) is 0 Å². The maximum atomic E-state index is 10.4. The second-order valence-corrected chi connectivity index (χ2v) is 5.02. The molecule has 0 spiro atoms. The highest BCUT2D eigenvalue weighted by Gasteiger charge is 2.17. The predicted molar refractivity (Wildman–Crippen MR) is 80.6 cm³/mol. The molecule has 0 aliphatic heterocycles. The van der Waals surface area contributed by atoms with Crippen LogP contribution < -0.4 is 9.47 Å². The molecule has 0 radical (unpaired) electrons. The molecular formula is C16H21NO3. The van der Waals surface area contributed by atoms with E-state index in [-0.39, 0.29) is 0 Å². The predicted octanol–water partition coefficient (Wildman–Crippen LogP) is 2.45. The second-order valence-electron chi connectivity index (χ2n) is 5.02. The van der Waals surface area contributed by atoms with Gasteiger partial charge in [-0.3, -0.25) is 0 Å². The van der Waals surface area contributed by atoms with Crippen molar-refractivity contribution in [2.24, 2.45) is 0 Å². The Balaban J connectivity index is 2.66. The van der Waals surface area contributed by atoms with E-state index in [9.17, 15) is 5.11 Å². The van der Waals surface area contributed by atoms with Crippen molar-refractivity contribution >= 4 is 10.8 Å². The summed E-state index contributed by atoms with van der Waals surface area (Å²) in [7, 11) is 7.15. The number of nitrogens with zero attached hydrogens (tertiary/aromatic N) is 1. The van der Waals surface area contributed by atoms with Gasteiger partial charge in [-0.1, -0.05) is 18.2 Å². The van der Waals surface area contributed by atoms with Crippen molar-refractivity contribution in [3.05, 3.63) is 35.9 Å². The Hall–Kier alpha value is -1.78. The van der Waals surface area contributed by atoms with E-state index in [0.29, 0.717) is 6.54 Å². The van der Waals surface area contributed by atoms with Crippen LogP contribution in [0.25, 0.3) is 10.8 Å². The van der Waals surface area contributed by atoms with Gasteiger partial charge in [0.2, 0.25) is 0 Å². The summed E-state index contributed by atoms with van der Waals surface area (Å²) in [6.45, 7) is 0.555. The summed E-state index contributed by atoms with van der Waals surface area (Å²) >= 11 is 0. The maximum absolute atomic E-state index is 10.4. The van der Waals surface area contributed by atoms with Crippen molar-refractivity contribution in [3.8, 4) is 11.5 Å². The minimum Gasteiger partial charge on any atom is -0.496 e. The quantitative estimate of drug-likeness (QED) is 0.910. The van der Waals surface area contributed by atoms with Crippen LogP contribution in [0.2, 0.25) is 0 Å². The molecular weight excluding hydrogens is 254 g/mol. The van der Waals surface area contributed by atoms with Crippen LogP contribution >= 0.6 is 0 Å². The summed E-state index contributed by atoms with van der Waals surface area (Å²) in [5.41, 5.74) is 0.854. The minimum absolute atomic E-state index is 0.555. The number of ether oxygens (including phenoxy) is 2. The summed E-state index contributed by atoms with van der Waals surface area (Å²) in [4.78, 5) is 1.95. The highest BCUT2D eigenvalue weighted by atomic mass is 16.5. The van der Waals surface area contributed by atoms with E-state index in [2.05, 4.69) is 0 Å². The molecule has 0 saturated heterocycles. The van der Waals surface area contributed by atoms with Crippen LogP contribution in [0.4, 0.5) is 0 Å². The van der Waals surface area contributed by atoms with Gasteiger partial charge in [0.25, 0.3) is 0 Å². The molecule has 0 fully saturated rings. The minimum atomic E-state index is -0.574. The Morgan fingerprint density at radius 3 is 2.35 bits per heavy atom. The number of methoxy groups -OCH3 is 2. The molecule has 1 atom stereocenters. The molecule has 0 amide bonds. The first-order valence-corrected chi connectivity index (χ1v) is 6.55. The molecule has 1 N–H and O–H groups in total. The van der Waals surface area contributed by atoms with E-state index < -0.39 is 6.10 Å². The fraction of sp³-hybridized carbons (Fsp3) is 0.375. The average Bonchev–Trinajstić information content (AvgIpc) is 2.44. The van der Waals surface area contributed by atoms with Crippen LogP contribution in [0.1, 0.15) is 11.7 Å². The molecule has 1 unspecified atom stereocenters. The van der Waals surface area contributed by atoms with Gasteiger partial charge in [-0.05, 0) is 31.8 Å². The molecule has 0 bridgehead atoms. The van der Waals surface area contributed by atoms with E-state index in [4.69, 9.17) is 9.47 Å². The third-order valence-electron chi connectivity index (χ3n) is 3.33. The molecule has 0 aliphatic carbocycles. The molecule has 0 saturated carbocycles. The highest BCUT2D eigenvalue weighted by Crippen LogP contribution is 2.37. The van der Waals surface area contributed by atoms with Gasteiger partial charge in [0.1, 0.15) is 11.5 Å². The summed E-state index contributed by atoms with van der Waals surface area (Å²) in [6.07, 6.45) is -0.574. The van der Waals surface area contributed by atoms with Crippen LogP contribution in [0, 0.1) is 0 Å². The van der Waals surface area contributed by atoms with E-state index in [1.807, 2.05) is 49.3 Å². The molecule has 0 aliphatic rings. The summed E-state index contributed by atoms with van der Waals surface area (Å²) in [6, 6.07) is 9.58. The Bertz CT molecular complexity index is 596. The van der Waals surface area contributed by atoms with Crippen molar-refractivity contribution < 1.29 is 14.6 Å². The number of likely N-dealkylation sites (N-methyl/N-ethyl adjacent to an activating group) is 1. The molecule has 0 heterocycles. The number of hydrogen-bond donors (Lipinski definition) is 1. The number of rotatable bonds is 5. The Labute approximate surface area is 119 Å². The highest BCUT2D eigenvalue weighted by molar-refractivity contribution is 5.96. The van der Waals surface area contributed by atoms with Crippen LogP contribution in [0.3, 0.4) is 0 Å². The van der Waals surface area contributed by atoms with Crippen LogP contribution in [0.15, 0.2) is 30.3 Å². The van der Waals surface area contributed by atoms with Gasteiger partial charge in [-0.2, -0.15) is 0 Å². The average molecular weight is 275 g/mol. The van der Waals surface area contributed by atoms with Crippen molar-refractivity contribution in [1.82, 2.24) is 4.90 Å². The molecule has 0 aromatic heterocycles. The first-order valence-electron chi connectivity index (χ1n) is 6.55. The summed E-state index contributed by atoms with van der Waals surface area (Å²) in [5.74, 6) is 1.52. The third kappa shape index (κ3) is 2.71. The maximum Gasteiger partial charge on any atom is 0.127 e. The monoisotopic (exact) mass is 275 g/mol. The number of benzene rings is 2. The van der Waals surface area contributed by atoms with Crippen molar-refractivity contribution in [1.29, 1.82) is 0 Å². The fourth-order valence-corrected chi connectivity index (χ4v) is 2.44. The number of aliphatic hydroxyl groups excluding tert-OH is 1. The van der Waals surface area contributed by atoms with E-state index in [0.717, 1.165) is 27.8 Å². The zero-order valence-corrected chi connectivity index (χ0v) is 12.4. The van der Waals surface area contributed by atoms with E-state index >= 15 is 0 Å². The Morgan fingerprint density at radius 1 is 1.05 bits per heavy atom. The Morgan fingerprint density at radius 2 is 1.75 bits per heavy atom. The molecule has 4 nitrogen and oxygen atoms in total. The smallest absolute Gasteiger partial charge is 0.127 e. The van der Waals surface area contributed by atoms with Gasteiger partial charge >= 0.3 is 0 Å². The number of fused-ring (bicyclic) bond motifs is 1. The fourth-order valence-electron chi connectivity index (χ4n) is 2.44. The largest absolute Gasteiger partial charge is 0.496 e. The van der Waals surface area contributed by atoms with Crippen molar-refractivity contribution in [2.45, 2.75) is 6.10 Å². The first kappa shape index (κ1) is 14.6. The van der Waals surface area contributed by atoms with Crippen molar-refractivity contribution in [2.75, 3.05) is 34.9 Å². The lowest BCUT2D eigenvalue weighted by molar-refractivity contribution is 0.139. The standard InChI is InChI=1S/C16H21NO3/c1-17(2)10-13(18)11-8-9-14(19-3)12-6-5-7-15(20-4)16(11)12/h5-9,13,18H,10H2,1-4H3.